The third kappa shape index (κ3) is 2.31. The van der Waals surface area contributed by atoms with Crippen molar-refractivity contribution in [3.8, 4) is 5.75 Å². The van der Waals surface area contributed by atoms with Crippen LogP contribution in [0, 0.1) is 5.92 Å². The fraction of sp³-hybridized carbons (Fsp3) is 0.200. The number of hydrogen-bond acceptors (Lipinski definition) is 3. The van der Waals surface area contributed by atoms with E-state index in [9.17, 15) is 9.90 Å². The van der Waals surface area contributed by atoms with Gasteiger partial charge in [-0.25, -0.2) is 0 Å². The Balaban J connectivity index is 1.81. The van der Waals surface area contributed by atoms with Gasteiger partial charge in [0.05, 0.1) is 5.56 Å². The molecule has 0 saturated heterocycles. The number of pyridine rings is 1. The highest BCUT2D eigenvalue weighted by atomic mass is 16.3. The molecule has 0 fully saturated rings. The van der Waals surface area contributed by atoms with Gasteiger partial charge in [-0.1, -0.05) is 37.3 Å². The van der Waals surface area contributed by atoms with Gasteiger partial charge in [0, 0.05) is 23.8 Å². The van der Waals surface area contributed by atoms with Gasteiger partial charge in [0.1, 0.15) is 5.52 Å². The fourth-order valence-corrected chi connectivity index (χ4v) is 3.44. The zero-order valence-electron chi connectivity index (χ0n) is 13.4. The van der Waals surface area contributed by atoms with Crippen LogP contribution in [0.1, 0.15) is 22.8 Å². The highest BCUT2D eigenvalue weighted by Crippen LogP contribution is 2.33. The first-order valence-corrected chi connectivity index (χ1v) is 8.11. The maximum Gasteiger partial charge on any atom is 0.262 e. The quantitative estimate of drug-likeness (QED) is 0.743. The molecule has 1 unspecified atom stereocenters. The van der Waals surface area contributed by atoms with Crippen LogP contribution in [0.3, 0.4) is 0 Å². The van der Waals surface area contributed by atoms with Gasteiger partial charge in [0.15, 0.2) is 5.75 Å². The first-order valence-electron chi connectivity index (χ1n) is 8.11. The standard InChI is InChI=1S/C20H18N2O2/c1-13-11-15-5-2-3-7-17(15)22(12-13)20(24)16-9-8-14-6-4-10-21-18(14)19(16)23/h2-10,13,23H,11-12H2,1H3. The summed E-state index contributed by atoms with van der Waals surface area (Å²) in [6, 6.07) is 15.2. The zero-order valence-corrected chi connectivity index (χ0v) is 13.4. The molecule has 1 atom stereocenters. The van der Waals surface area contributed by atoms with Crippen molar-refractivity contribution in [2.24, 2.45) is 5.92 Å². The Kier molecular flexibility index (Phi) is 3.45. The Morgan fingerprint density at radius 3 is 2.88 bits per heavy atom. The number of phenolic OH excluding ortho intramolecular Hbond substituents is 1. The SMILES string of the molecule is CC1Cc2ccccc2N(C(=O)c2ccc3cccnc3c2O)C1. The molecule has 3 aromatic rings. The molecular weight excluding hydrogens is 300 g/mol. The Hall–Kier alpha value is -2.88. The second-order valence-corrected chi connectivity index (χ2v) is 6.39. The molecule has 2 heterocycles. The highest BCUT2D eigenvalue weighted by molar-refractivity contribution is 6.11. The second-order valence-electron chi connectivity index (χ2n) is 6.39. The van der Waals surface area contributed by atoms with E-state index in [2.05, 4.69) is 18.0 Å². The van der Waals surface area contributed by atoms with Crippen LogP contribution in [0.2, 0.25) is 0 Å². The minimum Gasteiger partial charge on any atom is -0.505 e. The normalized spacial score (nSPS) is 16.9. The Bertz CT molecular complexity index is 936. The molecule has 120 valence electrons. The number of hydrogen-bond donors (Lipinski definition) is 1. The molecule has 24 heavy (non-hydrogen) atoms. The van der Waals surface area contributed by atoms with Gasteiger partial charge >= 0.3 is 0 Å². The van der Waals surface area contributed by atoms with E-state index >= 15 is 0 Å². The van der Waals surface area contributed by atoms with Gasteiger partial charge < -0.3 is 10.0 Å². The molecule has 1 aliphatic rings. The molecule has 4 nitrogen and oxygen atoms in total. The molecular formula is C20H18N2O2. The smallest absolute Gasteiger partial charge is 0.262 e. The van der Waals surface area contributed by atoms with E-state index in [-0.39, 0.29) is 11.7 Å². The third-order valence-corrected chi connectivity index (χ3v) is 4.57. The van der Waals surface area contributed by atoms with E-state index in [4.69, 9.17) is 0 Å². The van der Waals surface area contributed by atoms with Crippen LogP contribution in [0.4, 0.5) is 5.69 Å². The number of amides is 1. The van der Waals surface area contributed by atoms with Crippen LogP contribution in [0.5, 0.6) is 5.75 Å². The number of para-hydroxylation sites is 1. The largest absolute Gasteiger partial charge is 0.505 e. The average molecular weight is 318 g/mol. The van der Waals surface area contributed by atoms with Crippen molar-refractivity contribution in [3.05, 3.63) is 65.9 Å². The number of aromatic hydroxyl groups is 1. The lowest BCUT2D eigenvalue weighted by Gasteiger charge is -2.33. The first-order chi connectivity index (χ1) is 11.6. The summed E-state index contributed by atoms with van der Waals surface area (Å²) in [5, 5.41) is 11.4. The van der Waals surface area contributed by atoms with Crippen molar-refractivity contribution < 1.29 is 9.90 Å². The first kappa shape index (κ1) is 14.7. The minimum atomic E-state index is -0.181. The van der Waals surface area contributed by atoms with Crippen molar-refractivity contribution in [3.63, 3.8) is 0 Å². The number of aromatic nitrogens is 1. The van der Waals surface area contributed by atoms with E-state index in [1.807, 2.05) is 36.4 Å². The van der Waals surface area contributed by atoms with E-state index < -0.39 is 0 Å². The lowest BCUT2D eigenvalue weighted by molar-refractivity contribution is 0.0978. The summed E-state index contributed by atoms with van der Waals surface area (Å²) in [7, 11) is 0. The lowest BCUT2D eigenvalue weighted by Crippen LogP contribution is -2.39. The Labute approximate surface area is 140 Å². The zero-order chi connectivity index (χ0) is 16.7. The van der Waals surface area contributed by atoms with Gasteiger partial charge in [0.25, 0.3) is 5.91 Å². The van der Waals surface area contributed by atoms with E-state index in [1.54, 1.807) is 17.2 Å². The number of anilines is 1. The molecule has 2 aromatic carbocycles. The fourth-order valence-electron chi connectivity index (χ4n) is 3.44. The van der Waals surface area contributed by atoms with Crippen LogP contribution >= 0.6 is 0 Å². The third-order valence-electron chi connectivity index (χ3n) is 4.57. The number of phenols is 1. The van der Waals surface area contributed by atoms with Gasteiger partial charge in [-0.3, -0.25) is 9.78 Å². The van der Waals surface area contributed by atoms with Crippen LogP contribution in [-0.2, 0) is 6.42 Å². The van der Waals surface area contributed by atoms with E-state index in [0.717, 1.165) is 17.5 Å². The second kappa shape index (κ2) is 5.64. The van der Waals surface area contributed by atoms with Crippen LogP contribution in [0.15, 0.2) is 54.7 Å². The van der Waals surface area contributed by atoms with E-state index in [0.29, 0.717) is 23.5 Å². The molecule has 1 N–H and O–H groups in total. The van der Waals surface area contributed by atoms with Gasteiger partial charge in [-0.2, -0.15) is 0 Å². The topological polar surface area (TPSA) is 53.4 Å². The summed E-state index contributed by atoms with van der Waals surface area (Å²) < 4.78 is 0. The molecule has 4 heteroatoms. The number of fused-ring (bicyclic) bond motifs is 2. The minimum absolute atomic E-state index is 0.0474. The number of rotatable bonds is 1. The molecule has 0 bridgehead atoms. The number of nitrogens with zero attached hydrogens (tertiary/aromatic N) is 2. The molecule has 1 aromatic heterocycles. The summed E-state index contributed by atoms with van der Waals surface area (Å²) in [6.07, 6.45) is 2.58. The number of benzene rings is 2. The lowest BCUT2D eigenvalue weighted by atomic mass is 9.93. The molecule has 0 aliphatic carbocycles. The molecule has 4 rings (SSSR count). The van der Waals surface area contributed by atoms with Crippen LogP contribution < -0.4 is 4.90 Å². The summed E-state index contributed by atoms with van der Waals surface area (Å²) in [4.78, 5) is 19.1. The summed E-state index contributed by atoms with van der Waals surface area (Å²) in [6.45, 7) is 2.79. The van der Waals surface area contributed by atoms with Gasteiger partial charge in [0.2, 0.25) is 0 Å². The predicted molar refractivity (Wildman–Crippen MR) is 94.4 cm³/mol. The summed E-state index contributed by atoms with van der Waals surface area (Å²) in [5.41, 5.74) is 2.86. The maximum atomic E-state index is 13.1. The Morgan fingerprint density at radius 2 is 2.00 bits per heavy atom. The van der Waals surface area contributed by atoms with Crippen molar-refractivity contribution in [1.82, 2.24) is 4.98 Å². The molecule has 1 amide bonds. The van der Waals surface area contributed by atoms with Crippen LogP contribution in [-0.4, -0.2) is 22.5 Å². The molecule has 1 aliphatic heterocycles. The van der Waals surface area contributed by atoms with Crippen molar-refractivity contribution in [2.75, 3.05) is 11.4 Å². The summed E-state index contributed by atoms with van der Waals surface area (Å²) >= 11 is 0. The number of carbonyl (C=O) groups excluding carboxylic acids is 1. The van der Waals surface area contributed by atoms with E-state index in [1.165, 1.54) is 5.56 Å². The number of carbonyl (C=O) groups is 1. The highest BCUT2D eigenvalue weighted by Gasteiger charge is 2.28. The van der Waals surface area contributed by atoms with Crippen LogP contribution in [0.25, 0.3) is 10.9 Å². The van der Waals surface area contributed by atoms with Gasteiger partial charge in [-0.15, -0.1) is 0 Å². The van der Waals surface area contributed by atoms with Crippen molar-refractivity contribution in [2.45, 2.75) is 13.3 Å². The molecule has 0 spiro atoms. The molecule has 0 radical (unpaired) electrons. The molecule has 0 saturated carbocycles. The van der Waals surface area contributed by atoms with Crippen molar-refractivity contribution in [1.29, 1.82) is 0 Å². The van der Waals surface area contributed by atoms with Crippen molar-refractivity contribution >= 4 is 22.5 Å². The monoisotopic (exact) mass is 318 g/mol. The predicted octanol–water partition coefficient (Wildman–Crippen LogP) is 3.78. The van der Waals surface area contributed by atoms with Gasteiger partial charge in [-0.05, 0) is 36.1 Å². The summed E-state index contributed by atoms with van der Waals surface area (Å²) in [5.74, 6) is 0.150. The maximum absolute atomic E-state index is 13.1. The Morgan fingerprint density at radius 1 is 1.17 bits per heavy atom. The average Bonchev–Trinajstić information content (AvgIpc) is 2.61.